The highest BCUT2D eigenvalue weighted by atomic mass is 32.2. The molecule has 6 nitrogen and oxygen atoms in total. The topological polar surface area (TPSA) is 110 Å². The summed E-state index contributed by atoms with van der Waals surface area (Å²) in [5.74, 6) is 10.7. The van der Waals surface area contributed by atoms with Gasteiger partial charge in [0, 0.05) is 11.4 Å². The molecular formula is C14H18N4O2S. The van der Waals surface area contributed by atoms with Gasteiger partial charge in [-0.15, -0.1) is 0 Å². The number of rotatable bonds is 4. The Morgan fingerprint density at radius 2 is 1.19 bits per heavy atom. The van der Waals surface area contributed by atoms with Crippen molar-refractivity contribution in [1.29, 1.82) is 0 Å². The highest BCUT2D eigenvalue weighted by molar-refractivity contribution is 7.91. The Morgan fingerprint density at radius 1 is 0.810 bits per heavy atom. The molecule has 0 aliphatic carbocycles. The van der Waals surface area contributed by atoms with E-state index in [0.717, 1.165) is 0 Å². The van der Waals surface area contributed by atoms with Gasteiger partial charge in [0.1, 0.15) is 0 Å². The Labute approximate surface area is 124 Å². The first-order valence-corrected chi connectivity index (χ1v) is 7.78. The van der Waals surface area contributed by atoms with E-state index in [1.807, 2.05) is 0 Å². The zero-order chi connectivity index (χ0) is 15.6. The first-order valence-electron chi connectivity index (χ1n) is 6.29. The molecule has 6 N–H and O–H groups in total. The molecule has 0 bridgehead atoms. The van der Waals surface area contributed by atoms with E-state index in [4.69, 9.17) is 11.7 Å². The highest BCUT2D eigenvalue weighted by Crippen LogP contribution is 2.29. The molecule has 0 fully saturated rings. The first-order chi connectivity index (χ1) is 9.90. The predicted molar refractivity (Wildman–Crippen MR) is 83.4 cm³/mol. The molecule has 0 aromatic heterocycles. The maximum Gasteiger partial charge on any atom is 0.207 e. The van der Waals surface area contributed by atoms with Crippen LogP contribution in [0, 0.1) is 13.8 Å². The fourth-order valence-corrected chi connectivity index (χ4v) is 3.90. The molecule has 0 saturated heterocycles. The molecule has 0 amide bonds. The summed E-state index contributed by atoms with van der Waals surface area (Å²) in [5.41, 5.74) is 7.57. The van der Waals surface area contributed by atoms with Gasteiger partial charge in [0.25, 0.3) is 0 Å². The van der Waals surface area contributed by atoms with Gasteiger partial charge in [0.05, 0.1) is 9.79 Å². The van der Waals surface area contributed by atoms with Gasteiger partial charge in [-0.3, -0.25) is 11.7 Å². The van der Waals surface area contributed by atoms with Crippen LogP contribution in [0.2, 0.25) is 0 Å². The minimum atomic E-state index is -3.59. The third-order valence-electron chi connectivity index (χ3n) is 3.26. The summed E-state index contributed by atoms with van der Waals surface area (Å²) in [4.78, 5) is 0.524. The normalized spacial score (nSPS) is 11.2. The first kappa shape index (κ1) is 15.3. The zero-order valence-electron chi connectivity index (χ0n) is 11.8. The van der Waals surface area contributed by atoms with Gasteiger partial charge in [-0.1, -0.05) is 0 Å². The average Bonchev–Trinajstić information content (AvgIpc) is 2.46. The number of anilines is 2. The van der Waals surface area contributed by atoms with Gasteiger partial charge in [0.15, 0.2) is 0 Å². The SMILES string of the molecule is Cc1cc(NN)ccc1S(=O)(=O)c1ccc(NN)cc1C. The molecule has 21 heavy (non-hydrogen) atoms. The fourth-order valence-electron chi connectivity index (χ4n) is 2.20. The van der Waals surface area contributed by atoms with Gasteiger partial charge >= 0.3 is 0 Å². The second kappa shape index (κ2) is 5.72. The molecule has 0 spiro atoms. The molecule has 0 atom stereocenters. The van der Waals surface area contributed by atoms with Crippen LogP contribution in [0.3, 0.4) is 0 Å². The molecule has 2 aromatic rings. The van der Waals surface area contributed by atoms with Crippen molar-refractivity contribution in [2.75, 3.05) is 10.9 Å². The van der Waals surface area contributed by atoms with E-state index in [1.54, 1.807) is 50.2 Å². The molecular weight excluding hydrogens is 288 g/mol. The minimum absolute atomic E-state index is 0.262. The number of nitrogen functional groups attached to an aromatic ring is 2. The highest BCUT2D eigenvalue weighted by Gasteiger charge is 2.22. The smallest absolute Gasteiger partial charge is 0.207 e. The number of hydrogen-bond acceptors (Lipinski definition) is 6. The number of hydrogen-bond donors (Lipinski definition) is 4. The van der Waals surface area contributed by atoms with Crippen molar-refractivity contribution in [3.8, 4) is 0 Å². The van der Waals surface area contributed by atoms with E-state index < -0.39 is 9.84 Å². The lowest BCUT2D eigenvalue weighted by Crippen LogP contribution is -2.11. The lowest BCUT2D eigenvalue weighted by atomic mass is 10.2. The van der Waals surface area contributed by atoms with Crippen LogP contribution in [0.4, 0.5) is 11.4 Å². The third-order valence-corrected chi connectivity index (χ3v) is 5.34. The Morgan fingerprint density at radius 3 is 1.48 bits per heavy atom. The lowest BCUT2D eigenvalue weighted by molar-refractivity contribution is 0.595. The largest absolute Gasteiger partial charge is 0.324 e. The van der Waals surface area contributed by atoms with Crippen molar-refractivity contribution in [3.05, 3.63) is 47.5 Å². The van der Waals surface area contributed by atoms with E-state index in [-0.39, 0.29) is 9.79 Å². The Balaban J connectivity index is 2.57. The van der Waals surface area contributed by atoms with Crippen LogP contribution in [0.15, 0.2) is 46.2 Å². The van der Waals surface area contributed by atoms with E-state index in [0.29, 0.717) is 22.5 Å². The predicted octanol–water partition coefficient (Wildman–Crippen LogP) is 1.71. The van der Waals surface area contributed by atoms with Crippen molar-refractivity contribution < 1.29 is 8.42 Å². The van der Waals surface area contributed by atoms with E-state index >= 15 is 0 Å². The molecule has 0 aliphatic heterocycles. The van der Waals surface area contributed by atoms with Crippen molar-refractivity contribution in [2.24, 2.45) is 11.7 Å². The van der Waals surface area contributed by atoms with Crippen LogP contribution in [0.25, 0.3) is 0 Å². The summed E-state index contributed by atoms with van der Waals surface area (Å²) in [6.45, 7) is 3.47. The summed E-state index contributed by atoms with van der Waals surface area (Å²) in [5, 5.41) is 0. The quantitative estimate of drug-likeness (QED) is 0.505. The molecule has 112 valence electrons. The lowest BCUT2D eigenvalue weighted by Gasteiger charge is -2.12. The molecule has 0 saturated carbocycles. The summed E-state index contributed by atoms with van der Waals surface area (Å²) in [6.07, 6.45) is 0. The summed E-state index contributed by atoms with van der Waals surface area (Å²) in [6, 6.07) is 9.74. The van der Waals surface area contributed by atoms with Gasteiger partial charge in [-0.25, -0.2) is 8.42 Å². The molecule has 2 aromatic carbocycles. The van der Waals surface area contributed by atoms with Gasteiger partial charge in [-0.2, -0.15) is 0 Å². The molecule has 0 heterocycles. The maximum atomic E-state index is 12.8. The molecule has 0 aliphatic rings. The van der Waals surface area contributed by atoms with Crippen LogP contribution in [-0.4, -0.2) is 8.42 Å². The number of nitrogens with two attached hydrogens (primary N) is 2. The Kier molecular flexibility index (Phi) is 4.17. The van der Waals surface area contributed by atoms with Crippen LogP contribution < -0.4 is 22.5 Å². The summed E-state index contributed by atoms with van der Waals surface area (Å²) < 4.78 is 25.5. The number of benzene rings is 2. The standard InChI is InChI=1S/C14H18N4O2S/c1-9-7-11(17-15)3-5-13(9)21(19,20)14-6-4-12(18-16)8-10(14)2/h3-8,17-18H,15-16H2,1-2H3. The molecule has 0 unspecified atom stereocenters. The van der Waals surface area contributed by atoms with E-state index in [1.165, 1.54) is 0 Å². The van der Waals surface area contributed by atoms with Gasteiger partial charge < -0.3 is 10.9 Å². The Hall–Kier alpha value is -2.09. The number of sulfone groups is 1. The maximum absolute atomic E-state index is 12.8. The molecule has 2 rings (SSSR count). The molecule has 7 heteroatoms. The average molecular weight is 306 g/mol. The van der Waals surface area contributed by atoms with Crippen molar-refractivity contribution in [1.82, 2.24) is 0 Å². The summed E-state index contributed by atoms with van der Waals surface area (Å²) in [7, 11) is -3.59. The van der Waals surface area contributed by atoms with Crippen LogP contribution >= 0.6 is 0 Å². The second-order valence-corrected chi connectivity index (χ2v) is 6.64. The van der Waals surface area contributed by atoms with E-state index in [9.17, 15) is 8.42 Å². The van der Waals surface area contributed by atoms with Crippen LogP contribution in [0.5, 0.6) is 0 Å². The minimum Gasteiger partial charge on any atom is -0.324 e. The zero-order valence-corrected chi connectivity index (χ0v) is 12.7. The summed E-state index contributed by atoms with van der Waals surface area (Å²) >= 11 is 0. The Bertz CT molecular complexity index is 713. The number of hydrazine groups is 2. The van der Waals surface area contributed by atoms with Crippen LogP contribution in [0.1, 0.15) is 11.1 Å². The van der Waals surface area contributed by atoms with Crippen molar-refractivity contribution >= 4 is 21.2 Å². The monoisotopic (exact) mass is 306 g/mol. The number of nitrogens with one attached hydrogen (secondary N) is 2. The van der Waals surface area contributed by atoms with E-state index in [2.05, 4.69) is 10.9 Å². The van der Waals surface area contributed by atoms with Crippen molar-refractivity contribution in [3.63, 3.8) is 0 Å². The fraction of sp³-hybridized carbons (Fsp3) is 0.143. The van der Waals surface area contributed by atoms with Crippen molar-refractivity contribution in [2.45, 2.75) is 23.6 Å². The third kappa shape index (κ3) is 2.85. The second-order valence-electron chi connectivity index (χ2n) is 4.75. The van der Waals surface area contributed by atoms with Gasteiger partial charge in [-0.05, 0) is 61.4 Å². The van der Waals surface area contributed by atoms with Gasteiger partial charge in [0.2, 0.25) is 9.84 Å². The molecule has 0 radical (unpaired) electrons. The van der Waals surface area contributed by atoms with Crippen LogP contribution in [-0.2, 0) is 9.84 Å². The number of aryl methyl sites for hydroxylation is 2.